The van der Waals surface area contributed by atoms with Crippen LogP contribution in [0.2, 0.25) is 0 Å². The normalized spacial score (nSPS) is 12.3. The first-order valence-corrected chi connectivity index (χ1v) is 11.1. The summed E-state index contributed by atoms with van der Waals surface area (Å²) >= 11 is 4.22. The second-order valence-corrected chi connectivity index (χ2v) is 8.74. The van der Waals surface area contributed by atoms with E-state index in [1.54, 1.807) is 0 Å². The van der Waals surface area contributed by atoms with E-state index in [0.717, 1.165) is 31.0 Å². The molecule has 1 atom stereocenters. The molecular weight excluding hydrogens is 457 g/mol. The number of rotatable bonds is 11. The topological polar surface area (TPSA) is 32.7 Å². The average Bonchev–Trinajstić information content (AvgIpc) is 2.65. The standard InChI is InChI=1S/C21H28INO2S/c1-3-23(13-4-14-26-21-11-7-18(22)8-12-21)15-19(24)16-25-20-9-5-17(2)6-10-20/h5-12,19,24H,3-4,13-16H2,1-2H3. The predicted molar refractivity (Wildman–Crippen MR) is 119 cm³/mol. The SMILES string of the molecule is CCN(CCCSc1ccc(I)cc1)CC(O)COc1ccc(C)cc1. The van der Waals surface area contributed by atoms with Crippen molar-refractivity contribution in [2.45, 2.75) is 31.3 Å². The second-order valence-electron chi connectivity index (χ2n) is 6.33. The Hall–Kier alpha value is -0.760. The molecule has 0 saturated carbocycles. The molecule has 0 spiro atoms. The Bertz CT molecular complexity index is 633. The van der Waals surface area contributed by atoms with E-state index < -0.39 is 6.10 Å². The third-order valence-electron chi connectivity index (χ3n) is 4.08. The number of benzene rings is 2. The van der Waals surface area contributed by atoms with Crippen molar-refractivity contribution in [1.82, 2.24) is 4.90 Å². The van der Waals surface area contributed by atoms with Gasteiger partial charge in [0.25, 0.3) is 0 Å². The van der Waals surface area contributed by atoms with E-state index >= 15 is 0 Å². The Balaban J connectivity index is 1.64. The highest BCUT2D eigenvalue weighted by Gasteiger charge is 2.11. The monoisotopic (exact) mass is 485 g/mol. The van der Waals surface area contributed by atoms with Crippen molar-refractivity contribution in [2.24, 2.45) is 0 Å². The summed E-state index contributed by atoms with van der Waals surface area (Å²) in [5, 5.41) is 10.3. The lowest BCUT2D eigenvalue weighted by Gasteiger charge is -2.23. The van der Waals surface area contributed by atoms with Gasteiger partial charge in [0.05, 0.1) is 0 Å². The van der Waals surface area contributed by atoms with Crippen LogP contribution >= 0.6 is 34.4 Å². The summed E-state index contributed by atoms with van der Waals surface area (Å²) in [4.78, 5) is 3.61. The molecule has 26 heavy (non-hydrogen) atoms. The van der Waals surface area contributed by atoms with Gasteiger partial charge in [0.1, 0.15) is 18.5 Å². The number of hydrogen-bond acceptors (Lipinski definition) is 4. The van der Waals surface area contributed by atoms with Crippen molar-refractivity contribution >= 4 is 34.4 Å². The third kappa shape index (κ3) is 8.29. The minimum absolute atomic E-state index is 0.330. The molecule has 2 rings (SSSR count). The zero-order valence-electron chi connectivity index (χ0n) is 15.5. The molecule has 142 valence electrons. The van der Waals surface area contributed by atoms with Gasteiger partial charge in [-0.25, -0.2) is 0 Å². The second kappa shape index (κ2) is 11.8. The number of likely N-dealkylation sites (N-methyl/N-ethyl adjacent to an activating group) is 1. The molecule has 3 nitrogen and oxygen atoms in total. The highest BCUT2D eigenvalue weighted by molar-refractivity contribution is 14.1. The van der Waals surface area contributed by atoms with Gasteiger partial charge in [0.2, 0.25) is 0 Å². The Labute approximate surface area is 175 Å². The van der Waals surface area contributed by atoms with E-state index in [9.17, 15) is 5.11 Å². The summed E-state index contributed by atoms with van der Waals surface area (Å²) < 4.78 is 6.95. The predicted octanol–water partition coefficient (Wildman–Crippen LogP) is 4.84. The largest absolute Gasteiger partial charge is 0.491 e. The molecule has 0 aliphatic rings. The highest BCUT2D eigenvalue weighted by Crippen LogP contribution is 2.20. The molecule has 2 aromatic carbocycles. The maximum absolute atomic E-state index is 10.3. The fourth-order valence-electron chi connectivity index (χ4n) is 2.57. The summed E-state index contributed by atoms with van der Waals surface area (Å²) in [6.07, 6.45) is 0.635. The van der Waals surface area contributed by atoms with Crippen LogP contribution in [0.4, 0.5) is 0 Å². The first kappa shape index (κ1) is 21.5. The number of ether oxygens (including phenoxy) is 1. The van der Waals surface area contributed by atoms with Crippen LogP contribution in [0.3, 0.4) is 0 Å². The number of halogens is 1. The van der Waals surface area contributed by atoms with Crippen molar-refractivity contribution in [3.63, 3.8) is 0 Å². The van der Waals surface area contributed by atoms with Crippen LogP contribution in [-0.2, 0) is 0 Å². The lowest BCUT2D eigenvalue weighted by Crippen LogP contribution is -2.36. The molecular formula is C21H28INO2S. The van der Waals surface area contributed by atoms with E-state index in [2.05, 4.69) is 65.6 Å². The molecule has 0 amide bonds. The summed E-state index contributed by atoms with van der Waals surface area (Å²) in [7, 11) is 0. The minimum atomic E-state index is -0.472. The van der Waals surface area contributed by atoms with Crippen molar-refractivity contribution in [3.8, 4) is 5.75 Å². The van der Waals surface area contributed by atoms with Crippen LogP contribution in [-0.4, -0.2) is 48.1 Å². The van der Waals surface area contributed by atoms with Crippen molar-refractivity contribution in [1.29, 1.82) is 0 Å². The van der Waals surface area contributed by atoms with Gasteiger partial charge in [-0.2, -0.15) is 0 Å². The molecule has 1 unspecified atom stereocenters. The molecule has 2 aromatic rings. The summed E-state index contributed by atoms with van der Waals surface area (Å²) in [5.41, 5.74) is 1.21. The van der Waals surface area contributed by atoms with E-state index in [1.165, 1.54) is 14.0 Å². The number of aryl methyl sites for hydroxylation is 1. The molecule has 5 heteroatoms. The zero-order chi connectivity index (χ0) is 18.8. The van der Waals surface area contributed by atoms with Crippen molar-refractivity contribution < 1.29 is 9.84 Å². The Morgan fingerprint density at radius 1 is 1.12 bits per heavy atom. The molecule has 0 aliphatic heterocycles. The van der Waals surface area contributed by atoms with Crippen LogP contribution in [0.5, 0.6) is 5.75 Å². The number of aliphatic hydroxyl groups is 1. The Morgan fingerprint density at radius 3 is 2.46 bits per heavy atom. The van der Waals surface area contributed by atoms with Crippen LogP contribution in [0.25, 0.3) is 0 Å². The molecule has 0 aliphatic carbocycles. The van der Waals surface area contributed by atoms with Gasteiger partial charge in [-0.15, -0.1) is 11.8 Å². The molecule has 0 radical (unpaired) electrons. The van der Waals surface area contributed by atoms with Crippen molar-refractivity contribution in [2.75, 3.05) is 32.0 Å². The number of nitrogens with zero attached hydrogens (tertiary/aromatic N) is 1. The average molecular weight is 485 g/mol. The molecule has 0 saturated heterocycles. The molecule has 0 fully saturated rings. The Kier molecular flexibility index (Phi) is 9.82. The lowest BCUT2D eigenvalue weighted by molar-refractivity contribution is 0.0700. The van der Waals surface area contributed by atoms with Crippen LogP contribution in [0.1, 0.15) is 18.9 Å². The van der Waals surface area contributed by atoms with Gasteiger partial charge < -0.3 is 14.7 Å². The highest BCUT2D eigenvalue weighted by atomic mass is 127. The third-order valence-corrected chi connectivity index (χ3v) is 5.90. The maximum atomic E-state index is 10.3. The molecule has 0 aromatic heterocycles. The van der Waals surface area contributed by atoms with Crippen molar-refractivity contribution in [3.05, 3.63) is 57.7 Å². The summed E-state index contributed by atoms with van der Waals surface area (Å²) in [6, 6.07) is 16.6. The zero-order valence-corrected chi connectivity index (χ0v) is 18.5. The first-order valence-electron chi connectivity index (χ1n) is 9.05. The van der Waals surface area contributed by atoms with Crippen LogP contribution in [0, 0.1) is 10.5 Å². The van der Waals surface area contributed by atoms with Crippen LogP contribution < -0.4 is 4.74 Å². The van der Waals surface area contributed by atoms with Gasteiger partial charge in [-0.3, -0.25) is 0 Å². The molecule has 1 N–H and O–H groups in total. The van der Waals surface area contributed by atoms with E-state index in [1.807, 2.05) is 36.0 Å². The molecule has 0 heterocycles. The molecule has 0 bridgehead atoms. The van der Waals surface area contributed by atoms with Gasteiger partial charge in [-0.05, 0) is 91.2 Å². The summed E-state index contributed by atoms with van der Waals surface area (Å²) in [5.74, 6) is 1.90. The van der Waals surface area contributed by atoms with Gasteiger partial charge in [0.15, 0.2) is 0 Å². The summed E-state index contributed by atoms with van der Waals surface area (Å²) in [6.45, 7) is 7.10. The quantitative estimate of drug-likeness (QED) is 0.281. The fraction of sp³-hybridized carbons (Fsp3) is 0.429. The number of thioether (sulfide) groups is 1. The van der Waals surface area contributed by atoms with E-state index in [-0.39, 0.29) is 0 Å². The number of aliphatic hydroxyl groups excluding tert-OH is 1. The van der Waals surface area contributed by atoms with Gasteiger partial charge in [0, 0.05) is 15.0 Å². The van der Waals surface area contributed by atoms with Gasteiger partial charge >= 0.3 is 0 Å². The van der Waals surface area contributed by atoms with E-state index in [4.69, 9.17) is 4.74 Å². The number of hydrogen-bond donors (Lipinski definition) is 1. The Morgan fingerprint density at radius 2 is 1.81 bits per heavy atom. The first-order chi connectivity index (χ1) is 12.6. The van der Waals surface area contributed by atoms with E-state index in [0.29, 0.717) is 13.2 Å². The minimum Gasteiger partial charge on any atom is -0.491 e. The van der Waals surface area contributed by atoms with Crippen LogP contribution in [0.15, 0.2) is 53.4 Å². The smallest absolute Gasteiger partial charge is 0.119 e. The maximum Gasteiger partial charge on any atom is 0.119 e. The lowest BCUT2D eigenvalue weighted by atomic mass is 10.2. The fourth-order valence-corrected chi connectivity index (χ4v) is 3.76. The van der Waals surface area contributed by atoms with Gasteiger partial charge in [-0.1, -0.05) is 24.6 Å².